The van der Waals surface area contributed by atoms with Crippen LogP contribution in [0.2, 0.25) is 0 Å². The van der Waals surface area contributed by atoms with Gasteiger partial charge in [-0.25, -0.2) is 0 Å². The summed E-state index contributed by atoms with van der Waals surface area (Å²) in [6.07, 6.45) is 21.4. The van der Waals surface area contributed by atoms with E-state index in [0.29, 0.717) is 5.92 Å². The van der Waals surface area contributed by atoms with Crippen LogP contribution in [0.4, 0.5) is 0 Å². The SMILES string of the molecule is C=C(C)/C(C)=C\C1=C(C)CC[C@H](CC)C1.C=C(C)C(=C)C.CCC1CCCCC1.CCC[C@@H](CC)c1ccc(-c2cc(C)c(CC)c(C)c2)cc1. The largest absolute Gasteiger partial charge is 0.0959 e. The zero-order chi connectivity index (χ0) is 38.5. The van der Waals surface area contributed by atoms with Crippen LogP contribution in [0.3, 0.4) is 0 Å². The molecule has 1 fully saturated rings. The van der Waals surface area contributed by atoms with Gasteiger partial charge in [0.2, 0.25) is 0 Å². The number of hydrogen-bond acceptors (Lipinski definition) is 0. The molecule has 1 saturated carbocycles. The maximum atomic E-state index is 3.99. The van der Waals surface area contributed by atoms with Crippen LogP contribution >= 0.6 is 0 Å². The first-order chi connectivity index (χ1) is 24.2. The summed E-state index contributed by atoms with van der Waals surface area (Å²) < 4.78 is 0. The van der Waals surface area contributed by atoms with Crippen LogP contribution in [0.25, 0.3) is 11.1 Å². The molecule has 0 unspecified atom stereocenters. The molecule has 0 radical (unpaired) electrons. The van der Waals surface area contributed by atoms with E-state index in [0.717, 1.165) is 29.4 Å². The minimum atomic E-state index is 0.713. The normalized spacial score (nSPS) is 16.8. The Bertz CT molecular complexity index is 1360. The summed E-state index contributed by atoms with van der Waals surface area (Å²) in [5.74, 6) is 2.70. The second-order valence-corrected chi connectivity index (χ2v) is 15.9. The van der Waals surface area contributed by atoms with Crippen molar-refractivity contribution in [1.29, 1.82) is 0 Å². The maximum Gasteiger partial charge on any atom is -0.0165 e. The highest BCUT2D eigenvalue weighted by atomic mass is 14.2. The first-order valence-electron chi connectivity index (χ1n) is 20.8. The number of allylic oxidation sites excluding steroid dienone is 7. The monoisotopic (exact) mass is 693 g/mol. The van der Waals surface area contributed by atoms with Crippen LogP contribution in [0, 0.1) is 25.7 Å². The molecule has 0 saturated heterocycles. The molecule has 2 atom stereocenters. The quantitative estimate of drug-likeness (QED) is 0.206. The zero-order valence-corrected chi connectivity index (χ0v) is 35.8. The van der Waals surface area contributed by atoms with E-state index in [-0.39, 0.29) is 0 Å². The molecule has 0 nitrogen and oxygen atoms in total. The van der Waals surface area contributed by atoms with Gasteiger partial charge in [-0.05, 0) is 149 Å². The molecule has 0 aromatic heterocycles. The van der Waals surface area contributed by atoms with Crippen molar-refractivity contribution in [2.75, 3.05) is 0 Å². The second kappa shape index (κ2) is 25.2. The van der Waals surface area contributed by atoms with Gasteiger partial charge in [0, 0.05) is 0 Å². The fourth-order valence-corrected chi connectivity index (χ4v) is 7.30. The summed E-state index contributed by atoms with van der Waals surface area (Å²) in [5.41, 5.74) is 16.3. The van der Waals surface area contributed by atoms with Crippen molar-refractivity contribution >= 4 is 0 Å². The molecule has 0 N–H and O–H groups in total. The average molecular weight is 693 g/mol. The number of aryl methyl sites for hydroxylation is 2. The van der Waals surface area contributed by atoms with Crippen molar-refractivity contribution in [2.45, 2.75) is 179 Å². The Kier molecular flexibility index (Phi) is 22.8. The molecule has 284 valence electrons. The highest BCUT2D eigenvalue weighted by molar-refractivity contribution is 5.66. The fraction of sp³-hybridized carbons (Fsp3) is 0.569. The lowest BCUT2D eigenvalue weighted by Crippen LogP contribution is -2.07. The summed E-state index contributed by atoms with van der Waals surface area (Å²) in [7, 11) is 0. The smallest absolute Gasteiger partial charge is 0.0165 e. The van der Waals surface area contributed by atoms with Gasteiger partial charge in [0.1, 0.15) is 0 Å². The van der Waals surface area contributed by atoms with Gasteiger partial charge >= 0.3 is 0 Å². The molecular weight excluding hydrogens is 613 g/mol. The molecule has 2 aromatic rings. The van der Waals surface area contributed by atoms with Crippen LogP contribution < -0.4 is 0 Å². The Hall–Kier alpha value is -2.86. The Morgan fingerprint density at radius 3 is 1.67 bits per heavy atom. The highest BCUT2D eigenvalue weighted by Crippen LogP contribution is 2.33. The lowest BCUT2D eigenvalue weighted by atomic mass is 9.82. The third kappa shape index (κ3) is 17.0. The van der Waals surface area contributed by atoms with Crippen molar-refractivity contribution in [3.8, 4) is 11.1 Å². The summed E-state index contributed by atoms with van der Waals surface area (Å²) in [6.45, 7) is 37.6. The van der Waals surface area contributed by atoms with Gasteiger partial charge in [-0.3, -0.25) is 0 Å². The van der Waals surface area contributed by atoms with E-state index in [1.165, 1.54) is 128 Å². The van der Waals surface area contributed by atoms with Gasteiger partial charge in [0.05, 0.1) is 0 Å². The van der Waals surface area contributed by atoms with Gasteiger partial charge < -0.3 is 0 Å². The number of benzene rings is 2. The minimum absolute atomic E-state index is 0.713. The Morgan fingerprint density at radius 2 is 1.25 bits per heavy atom. The molecule has 51 heavy (non-hydrogen) atoms. The summed E-state index contributed by atoms with van der Waals surface area (Å²) in [5, 5.41) is 0. The summed E-state index contributed by atoms with van der Waals surface area (Å²) in [6, 6.07) is 13.9. The topological polar surface area (TPSA) is 0 Å². The Labute approximate surface area is 318 Å². The van der Waals surface area contributed by atoms with E-state index in [2.05, 4.69) is 131 Å². The standard InChI is InChI=1S/C22H30.C15H24.C8H16.C6H10/c1-6-9-18(7-2)19-10-12-20(13-11-19)21-14-16(4)22(8-3)17(5)15-21;1-6-14-8-7-12(4)15(10-14)9-13(5)11(2)3;1-2-8-6-4-3-5-7-8;1-5(2)6(3)4/h10-15,18H,6-9H2,1-5H3;9,14H,2,6-8,10H2,1,3-5H3;8H,2-7H2,1H3;1,3H2,2,4H3/b;13-9-;;/t18-;14-;;/m10../s1. The summed E-state index contributed by atoms with van der Waals surface area (Å²) >= 11 is 0. The van der Waals surface area contributed by atoms with Gasteiger partial charge in [-0.1, -0.05) is 170 Å². The van der Waals surface area contributed by atoms with E-state index in [4.69, 9.17) is 0 Å². The lowest BCUT2D eigenvalue weighted by Gasteiger charge is -2.24. The van der Waals surface area contributed by atoms with Gasteiger partial charge in [-0.2, -0.15) is 0 Å². The van der Waals surface area contributed by atoms with E-state index in [1.807, 2.05) is 13.8 Å². The molecule has 2 aliphatic carbocycles. The van der Waals surface area contributed by atoms with Crippen molar-refractivity contribution in [2.24, 2.45) is 11.8 Å². The van der Waals surface area contributed by atoms with Crippen LogP contribution in [0.5, 0.6) is 0 Å². The van der Waals surface area contributed by atoms with Crippen LogP contribution in [-0.2, 0) is 6.42 Å². The lowest BCUT2D eigenvalue weighted by molar-refractivity contribution is 0.349. The first-order valence-corrected chi connectivity index (χ1v) is 20.8. The average Bonchev–Trinajstić information content (AvgIpc) is 3.12. The molecule has 2 aromatic carbocycles. The predicted octanol–water partition coefficient (Wildman–Crippen LogP) is 17.0. The van der Waals surface area contributed by atoms with Gasteiger partial charge in [-0.15, -0.1) is 0 Å². The van der Waals surface area contributed by atoms with E-state index >= 15 is 0 Å². The third-order valence-corrected chi connectivity index (χ3v) is 11.6. The number of rotatable bonds is 11. The van der Waals surface area contributed by atoms with E-state index in [1.54, 1.807) is 11.1 Å². The molecule has 0 spiro atoms. The van der Waals surface area contributed by atoms with Crippen LogP contribution in [0.1, 0.15) is 181 Å². The van der Waals surface area contributed by atoms with Crippen molar-refractivity contribution in [3.63, 3.8) is 0 Å². The summed E-state index contributed by atoms with van der Waals surface area (Å²) in [4.78, 5) is 0. The molecule has 0 heterocycles. The Balaban J connectivity index is 0.000000384. The van der Waals surface area contributed by atoms with E-state index < -0.39 is 0 Å². The molecule has 0 aliphatic heterocycles. The zero-order valence-electron chi connectivity index (χ0n) is 35.8. The molecule has 2 aliphatic rings. The van der Waals surface area contributed by atoms with Gasteiger partial charge in [0.15, 0.2) is 0 Å². The molecule has 0 heteroatoms. The third-order valence-electron chi connectivity index (χ3n) is 11.6. The van der Waals surface area contributed by atoms with Crippen LogP contribution in [0.15, 0.2) is 95.6 Å². The fourth-order valence-electron chi connectivity index (χ4n) is 7.30. The van der Waals surface area contributed by atoms with Gasteiger partial charge in [0.25, 0.3) is 0 Å². The maximum absolute atomic E-state index is 3.99. The predicted molar refractivity (Wildman–Crippen MR) is 234 cm³/mol. The number of hydrogen-bond donors (Lipinski definition) is 0. The minimum Gasteiger partial charge on any atom is -0.0959 e. The van der Waals surface area contributed by atoms with Crippen molar-refractivity contribution < 1.29 is 0 Å². The molecular formula is C51H80. The Morgan fingerprint density at radius 1 is 0.706 bits per heavy atom. The molecule has 0 bridgehead atoms. The second-order valence-electron chi connectivity index (χ2n) is 15.9. The van der Waals surface area contributed by atoms with Crippen molar-refractivity contribution in [3.05, 3.63) is 118 Å². The van der Waals surface area contributed by atoms with E-state index in [9.17, 15) is 0 Å². The molecule has 4 rings (SSSR count). The van der Waals surface area contributed by atoms with Crippen LogP contribution in [-0.4, -0.2) is 0 Å². The highest BCUT2D eigenvalue weighted by Gasteiger charge is 2.16. The molecule has 0 amide bonds. The first kappa shape index (κ1) is 46.2. The van der Waals surface area contributed by atoms with Crippen molar-refractivity contribution in [1.82, 2.24) is 0 Å².